The lowest BCUT2D eigenvalue weighted by Gasteiger charge is -2.28. The second kappa shape index (κ2) is 28.7. The molecule has 354 valence electrons. The summed E-state index contributed by atoms with van der Waals surface area (Å²) in [4.78, 5) is 38.9. The van der Waals surface area contributed by atoms with Gasteiger partial charge in [-0.05, 0) is 159 Å². The van der Waals surface area contributed by atoms with E-state index in [1.54, 1.807) is 0 Å². The summed E-state index contributed by atoms with van der Waals surface area (Å²) in [5.41, 5.74) is 9.26. The number of allylic oxidation sites excluding steroid dienone is 4. The Morgan fingerprint density at radius 1 is 0.908 bits per heavy atom. The molecule has 2 aromatic carbocycles. The zero-order valence-corrected chi connectivity index (χ0v) is 42.0. The number of aryl methyl sites for hydroxylation is 2. The molecule has 8 heteroatoms. The zero-order valence-electron chi connectivity index (χ0n) is 42.0. The third kappa shape index (κ3) is 17.3. The van der Waals surface area contributed by atoms with Crippen LogP contribution in [0.2, 0.25) is 0 Å². The first-order valence-corrected chi connectivity index (χ1v) is 24.3. The van der Waals surface area contributed by atoms with E-state index in [-0.39, 0.29) is 11.7 Å². The van der Waals surface area contributed by atoms with E-state index >= 15 is 0 Å². The summed E-state index contributed by atoms with van der Waals surface area (Å²) in [6.07, 6.45) is 24.6. The largest absolute Gasteiger partial charge is 0.494 e. The van der Waals surface area contributed by atoms with E-state index in [0.717, 1.165) is 85.7 Å². The van der Waals surface area contributed by atoms with Crippen LogP contribution in [0.3, 0.4) is 0 Å². The third-order valence-electron chi connectivity index (χ3n) is 12.7. The first-order chi connectivity index (χ1) is 31.2. The number of piperidine rings is 1. The van der Waals surface area contributed by atoms with Gasteiger partial charge in [0.15, 0.2) is 5.78 Å². The number of aldehydes is 1. The molecule has 1 saturated carbocycles. The molecule has 2 aromatic heterocycles. The van der Waals surface area contributed by atoms with E-state index in [4.69, 9.17) is 14.3 Å². The van der Waals surface area contributed by atoms with Crippen LogP contribution < -0.4 is 9.47 Å². The average Bonchev–Trinajstić information content (AvgIpc) is 3.56. The number of fused-ring (bicyclic) bond motifs is 1. The van der Waals surface area contributed by atoms with Crippen LogP contribution in [-0.2, 0) is 16.6 Å². The number of aromatic nitrogens is 2. The van der Waals surface area contributed by atoms with Gasteiger partial charge in [0, 0.05) is 71.4 Å². The van der Waals surface area contributed by atoms with Gasteiger partial charge in [-0.25, -0.2) is 4.98 Å². The fourth-order valence-corrected chi connectivity index (χ4v) is 7.74. The highest BCUT2D eigenvalue weighted by Crippen LogP contribution is 2.33. The minimum atomic E-state index is 0.0215. The highest BCUT2D eigenvalue weighted by Gasteiger charge is 2.20. The number of carbonyl (C=O) groups is 3. The number of likely N-dealkylation sites (tertiary alicyclic amines) is 1. The standard InChI is InChI=1S/C25H28N2O.C19H29NO2.C11H20O.C2H4O/c1-4-6-11-21-22-14-12-18(16-24(22)27(3)23(21)8-5-2)19-13-15-25(26-17-19)28-20-9-7-10-20;1-14(2)19(21)18-13-17(6-5-15(18)3)22-12-9-16-7-10-20(4)11-8-16;1-5-9(3)10(4)7-8-11(12)6-2;1-2-3/h5-6,8,11-17,20H,4,7,9-10H2,1-3H3;5-6,13-14,16H,7-12H2,1-4H3;5,10H,6-8H2,1-4H3;2H,1H3/b8-5-,11-6+;;9-5-;. The molecular formula is C57H81N3O5. The van der Waals surface area contributed by atoms with Crippen LogP contribution in [-0.4, -0.2) is 65.2 Å². The molecule has 0 spiro atoms. The van der Waals surface area contributed by atoms with E-state index in [1.807, 2.05) is 65.1 Å². The molecular weight excluding hydrogens is 807 g/mol. The average molecular weight is 888 g/mol. The fraction of sp³-hybridized carbons (Fsp3) is 0.509. The SMILES string of the molecule is C/C=C(/C)C(C)CCC(=O)CC.C/C=C\c1c(/C=C/CC)c2ccc(-c3ccc(OC4CCC4)nc3)cc2n1C.CC=O.Cc1ccc(OCCC2CCN(C)CC2)cc1C(=O)C(C)C. The maximum atomic E-state index is 12.2. The second-order valence-corrected chi connectivity index (χ2v) is 17.9. The number of ketones is 2. The number of hydrogen-bond acceptors (Lipinski definition) is 7. The molecule has 2 fully saturated rings. The molecule has 3 heterocycles. The predicted octanol–water partition coefficient (Wildman–Crippen LogP) is 14.1. The topological polar surface area (TPSA) is 90.7 Å². The molecule has 6 rings (SSSR count). The maximum absolute atomic E-state index is 12.2. The Balaban J connectivity index is 0.000000270. The lowest BCUT2D eigenvalue weighted by molar-refractivity contribution is -0.119. The fourth-order valence-electron chi connectivity index (χ4n) is 7.74. The number of nitrogens with zero attached hydrogens (tertiary/aromatic N) is 3. The van der Waals surface area contributed by atoms with E-state index in [0.29, 0.717) is 24.2 Å². The summed E-state index contributed by atoms with van der Waals surface area (Å²) in [6, 6.07) is 16.6. The first-order valence-electron chi connectivity index (χ1n) is 24.3. The van der Waals surface area contributed by atoms with Gasteiger partial charge in [0.05, 0.1) is 6.61 Å². The summed E-state index contributed by atoms with van der Waals surface area (Å²) in [6.45, 7) is 23.0. The van der Waals surface area contributed by atoms with Gasteiger partial charge in [0.2, 0.25) is 5.88 Å². The maximum Gasteiger partial charge on any atom is 0.213 e. The zero-order chi connectivity index (χ0) is 47.9. The van der Waals surface area contributed by atoms with Gasteiger partial charge in [-0.3, -0.25) is 9.59 Å². The van der Waals surface area contributed by atoms with Crippen LogP contribution in [0.1, 0.15) is 154 Å². The Bertz CT molecular complexity index is 2160. The molecule has 0 bridgehead atoms. The van der Waals surface area contributed by atoms with Gasteiger partial charge >= 0.3 is 0 Å². The molecule has 0 amide bonds. The van der Waals surface area contributed by atoms with Crippen molar-refractivity contribution in [2.24, 2.45) is 24.8 Å². The Morgan fingerprint density at radius 3 is 2.17 bits per heavy atom. The van der Waals surface area contributed by atoms with Gasteiger partial charge in [-0.15, -0.1) is 0 Å². The van der Waals surface area contributed by atoms with Gasteiger partial charge in [-0.1, -0.05) is 82.7 Å². The van der Waals surface area contributed by atoms with Crippen molar-refractivity contribution in [3.05, 3.63) is 101 Å². The molecule has 1 aliphatic heterocycles. The summed E-state index contributed by atoms with van der Waals surface area (Å²) in [5, 5.41) is 1.28. The van der Waals surface area contributed by atoms with E-state index in [2.05, 4.69) is 111 Å². The van der Waals surface area contributed by atoms with Crippen molar-refractivity contribution in [1.29, 1.82) is 0 Å². The summed E-state index contributed by atoms with van der Waals surface area (Å²) >= 11 is 0. The van der Waals surface area contributed by atoms with Crippen LogP contribution in [0.5, 0.6) is 11.6 Å². The number of rotatable bonds is 17. The van der Waals surface area contributed by atoms with Crippen LogP contribution in [0.25, 0.3) is 34.2 Å². The van der Waals surface area contributed by atoms with Crippen molar-refractivity contribution >= 4 is 40.9 Å². The summed E-state index contributed by atoms with van der Waals surface area (Å²) in [5.74, 6) is 3.49. The monoisotopic (exact) mass is 888 g/mol. The molecule has 0 radical (unpaired) electrons. The minimum absolute atomic E-state index is 0.0215. The quantitative estimate of drug-likeness (QED) is 0.0592. The van der Waals surface area contributed by atoms with E-state index in [9.17, 15) is 9.59 Å². The van der Waals surface area contributed by atoms with Crippen LogP contribution in [0.15, 0.2) is 78.5 Å². The van der Waals surface area contributed by atoms with Gasteiger partial charge in [0.1, 0.15) is 23.9 Å². The molecule has 8 nitrogen and oxygen atoms in total. The number of ether oxygens (including phenoxy) is 2. The van der Waals surface area contributed by atoms with E-state index < -0.39 is 0 Å². The molecule has 65 heavy (non-hydrogen) atoms. The molecule has 1 unspecified atom stereocenters. The third-order valence-corrected chi connectivity index (χ3v) is 12.7. The second-order valence-electron chi connectivity index (χ2n) is 17.9. The molecule has 2 aliphatic rings. The van der Waals surface area contributed by atoms with Crippen LogP contribution in [0.4, 0.5) is 0 Å². The van der Waals surface area contributed by atoms with Crippen LogP contribution in [0, 0.1) is 24.7 Å². The van der Waals surface area contributed by atoms with Gasteiger partial charge in [0.25, 0.3) is 0 Å². The number of Topliss-reactive ketones (excluding diaryl/α,β-unsaturated/α-hetero) is 2. The van der Waals surface area contributed by atoms with Crippen molar-refractivity contribution < 1.29 is 23.9 Å². The summed E-state index contributed by atoms with van der Waals surface area (Å²) < 4.78 is 14.1. The molecule has 4 aromatic rings. The number of carbonyl (C=O) groups excluding carboxylic acids is 3. The Labute approximate surface area is 392 Å². The molecule has 1 aliphatic carbocycles. The van der Waals surface area contributed by atoms with Gasteiger partial charge < -0.3 is 23.7 Å². The molecule has 0 N–H and O–H groups in total. The Kier molecular flexibility index (Phi) is 24.0. The number of benzene rings is 2. The van der Waals surface area contributed by atoms with Crippen molar-refractivity contribution in [2.45, 2.75) is 140 Å². The van der Waals surface area contributed by atoms with Crippen molar-refractivity contribution in [1.82, 2.24) is 14.5 Å². The lowest BCUT2D eigenvalue weighted by atomic mass is 9.94. The van der Waals surface area contributed by atoms with Crippen LogP contribution >= 0.6 is 0 Å². The normalized spacial score (nSPS) is 15.1. The van der Waals surface area contributed by atoms with Crippen molar-refractivity contribution in [3.63, 3.8) is 0 Å². The van der Waals surface area contributed by atoms with Crippen molar-refractivity contribution in [2.75, 3.05) is 26.7 Å². The number of pyridine rings is 1. The Hall–Kier alpha value is -5.08. The Morgan fingerprint density at radius 2 is 1.60 bits per heavy atom. The first kappa shape index (κ1) is 54.3. The summed E-state index contributed by atoms with van der Waals surface area (Å²) in [7, 11) is 4.32. The highest BCUT2D eigenvalue weighted by molar-refractivity contribution is 5.99. The molecule has 1 atom stereocenters. The highest BCUT2D eigenvalue weighted by atomic mass is 16.5. The minimum Gasteiger partial charge on any atom is -0.494 e. The molecule has 1 saturated heterocycles. The van der Waals surface area contributed by atoms with Gasteiger partial charge in [-0.2, -0.15) is 0 Å². The smallest absolute Gasteiger partial charge is 0.213 e. The predicted molar refractivity (Wildman–Crippen MR) is 274 cm³/mol. The number of hydrogen-bond donors (Lipinski definition) is 0. The lowest BCUT2D eigenvalue weighted by Crippen LogP contribution is -2.30. The van der Waals surface area contributed by atoms with Crippen molar-refractivity contribution in [3.8, 4) is 22.8 Å². The van der Waals surface area contributed by atoms with E-state index in [1.165, 1.54) is 72.6 Å².